The summed E-state index contributed by atoms with van der Waals surface area (Å²) in [5.41, 5.74) is 2.69. The molecule has 4 rings (SSSR count). The van der Waals surface area contributed by atoms with Gasteiger partial charge < -0.3 is 10.1 Å². The van der Waals surface area contributed by atoms with E-state index in [0.29, 0.717) is 29.0 Å². The molecule has 0 atom stereocenters. The van der Waals surface area contributed by atoms with Crippen LogP contribution in [0.5, 0.6) is 11.6 Å². The van der Waals surface area contributed by atoms with Crippen LogP contribution in [-0.4, -0.2) is 25.7 Å². The minimum absolute atomic E-state index is 0.327. The number of hydrogen-bond donors (Lipinski definition) is 1. The van der Waals surface area contributed by atoms with Crippen LogP contribution in [0.15, 0.2) is 48.5 Å². The van der Waals surface area contributed by atoms with Crippen molar-refractivity contribution in [3.05, 3.63) is 88.5 Å². The summed E-state index contributed by atoms with van der Waals surface area (Å²) in [7, 11) is 0. The van der Waals surface area contributed by atoms with Gasteiger partial charge in [0.05, 0.1) is 5.69 Å². The summed E-state index contributed by atoms with van der Waals surface area (Å²) in [6.07, 6.45) is 0. The summed E-state index contributed by atoms with van der Waals surface area (Å²) in [5.74, 6) is -0.854. The third-order valence-corrected chi connectivity index (χ3v) is 5.20. The van der Waals surface area contributed by atoms with Crippen LogP contribution in [0.4, 0.5) is 14.5 Å². The largest absolute Gasteiger partial charge is 0.439 e. The first kappa shape index (κ1) is 22.1. The molecule has 0 fully saturated rings. The third kappa shape index (κ3) is 4.57. The van der Waals surface area contributed by atoms with Crippen molar-refractivity contribution in [2.45, 2.75) is 27.7 Å². The minimum atomic E-state index is -0.930. The second-order valence-corrected chi connectivity index (χ2v) is 7.50. The van der Waals surface area contributed by atoms with Crippen molar-refractivity contribution in [3.8, 4) is 17.4 Å². The van der Waals surface area contributed by atoms with Crippen LogP contribution < -0.4 is 10.1 Å². The molecule has 0 saturated carbocycles. The van der Waals surface area contributed by atoms with E-state index in [-0.39, 0.29) is 0 Å². The van der Waals surface area contributed by atoms with Gasteiger partial charge in [0.1, 0.15) is 28.8 Å². The molecule has 1 N–H and O–H groups in total. The normalized spacial score (nSPS) is 10.8. The molecule has 0 unspecified atom stereocenters. The predicted molar refractivity (Wildman–Crippen MR) is 119 cm³/mol. The van der Waals surface area contributed by atoms with E-state index in [9.17, 15) is 13.6 Å². The van der Waals surface area contributed by atoms with Gasteiger partial charge in [-0.15, -0.1) is 0 Å². The molecule has 33 heavy (non-hydrogen) atoms. The number of carbonyl (C=O) groups excluding carboxylic acids is 1. The first-order valence-electron chi connectivity index (χ1n) is 10.1. The highest BCUT2D eigenvalue weighted by Gasteiger charge is 2.17. The number of carbonyl (C=O) groups is 1. The molecule has 2 aromatic heterocycles. The van der Waals surface area contributed by atoms with Crippen LogP contribution in [0, 0.1) is 39.3 Å². The van der Waals surface area contributed by atoms with Crippen molar-refractivity contribution >= 4 is 11.6 Å². The lowest BCUT2D eigenvalue weighted by Gasteiger charge is -2.10. The molecule has 1 amide bonds. The van der Waals surface area contributed by atoms with Gasteiger partial charge in [-0.1, -0.05) is 6.07 Å². The number of anilines is 1. The molecule has 2 aromatic carbocycles. The number of benzene rings is 2. The number of nitrogens with zero attached hydrogens (tertiary/aromatic N) is 4. The fourth-order valence-electron chi connectivity index (χ4n) is 3.27. The Kier molecular flexibility index (Phi) is 5.87. The van der Waals surface area contributed by atoms with Crippen LogP contribution in [0.2, 0.25) is 0 Å². The zero-order valence-corrected chi connectivity index (χ0v) is 18.5. The van der Waals surface area contributed by atoms with Crippen molar-refractivity contribution in [1.29, 1.82) is 0 Å². The molecule has 2 heterocycles. The maximum Gasteiger partial charge on any atom is 0.261 e. The molecular formula is C24H21F2N5O2. The Labute approximate surface area is 189 Å². The fraction of sp³-hybridized carbons (Fsp3) is 0.167. The van der Waals surface area contributed by atoms with E-state index in [1.807, 2.05) is 20.8 Å². The van der Waals surface area contributed by atoms with Crippen molar-refractivity contribution in [2.24, 2.45) is 0 Å². The van der Waals surface area contributed by atoms with E-state index in [0.717, 1.165) is 29.1 Å². The van der Waals surface area contributed by atoms with Gasteiger partial charge in [-0.2, -0.15) is 10.1 Å². The van der Waals surface area contributed by atoms with Gasteiger partial charge in [-0.25, -0.2) is 18.4 Å². The lowest BCUT2D eigenvalue weighted by Crippen LogP contribution is -2.15. The van der Waals surface area contributed by atoms with E-state index in [4.69, 9.17) is 4.74 Å². The molecule has 0 radical (unpaired) electrons. The van der Waals surface area contributed by atoms with Crippen molar-refractivity contribution in [2.75, 3.05) is 5.32 Å². The average molecular weight is 449 g/mol. The summed E-state index contributed by atoms with van der Waals surface area (Å²) in [6.45, 7) is 7.66. The van der Waals surface area contributed by atoms with Crippen LogP contribution in [0.25, 0.3) is 5.82 Å². The molecule has 0 saturated heterocycles. The van der Waals surface area contributed by atoms with Gasteiger partial charge in [0, 0.05) is 17.4 Å². The Morgan fingerprint density at radius 2 is 1.64 bits per heavy atom. The second kappa shape index (κ2) is 8.78. The number of aryl methyl sites for hydroxylation is 2. The van der Waals surface area contributed by atoms with Crippen LogP contribution >= 0.6 is 0 Å². The first-order valence-corrected chi connectivity index (χ1v) is 10.1. The molecule has 0 aliphatic carbocycles. The summed E-state index contributed by atoms with van der Waals surface area (Å²) in [6, 6.07) is 11.3. The van der Waals surface area contributed by atoms with Gasteiger partial charge in [-0.3, -0.25) is 4.79 Å². The van der Waals surface area contributed by atoms with Gasteiger partial charge in [0.15, 0.2) is 5.82 Å². The molecule has 7 nitrogen and oxygen atoms in total. The zero-order chi connectivity index (χ0) is 23.7. The number of halogens is 2. The zero-order valence-electron chi connectivity index (χ0n) is 18.5. The standard InChI is InChI=1S/C24H21F2N5O2/c1-13-14(2)30-31(15(13)3)21-12-22(28-16(4)27-21)33-18-10-8-17(9-11-18)29-24(32)23-19(25)6-5-7-20(23)26/h5-12H,1-4H3,(H,29,32). The van der Waals surface area contributed by atoms with E-state index >= 15 is 0 Å². The van der Waals surface area contributed by atoms with Crippen molar-refractivity contribution in [1.82, 2.24) is 19.7 Å². The van der Waals surface area contributed by atoms with Gasteiger partial charge in [0.2, 0.25) is 5.88 Å². The topological polar surface area (TPSA) is 81.9 Å². The monoisotopic (exact) mass is 449 g/mol. The predicted octanol–water partition coefficient (Wildman–Crippen LogP) is 5.22. The number of rotatable bonds is 5. The third-order valence-electron chi connectivity index (χ3n) is 5.20. The first-order chi connectivity index (χ1) is 15.7. The number of nitrogens with one attached hydrogen (secondary N) is 1. The number of ether oxygens (including phenoxy) is 1. The molecular weight excluding hydrogens is 428 g/mol. The Bertz CT molecular complexity index is 1330. The SMILES string of the molecule is Cc1nc(Oc2ccc(NC(=O)c3c(F)cccc3F)cc2)cc(-n2nc(C)c(C)c2C)n1. The maximum atomic E-state index is 13.8. The lowest BCUT2D eigenvalue weighted by molar-refractivity contribution is 0.101. The van der Waals surface area contributed by atoms with Gasteiger partial charge >= 0.3 is 0 Å². The molecule has 0 aliphatic rings. The Morgan fingerprint density at radius 1 is 0.970 bits per heavy atom. The Hall–Kier alpha value is -4.14. The van der Waals surface area contributed by atoms with Crippen LogP contribution in [-0.2, 0) is 0 Å². The Morgan fingerprint density at radius 3 is 2.24 bits per heavy atom. The number of aromatic nitrogens is 4. The van der Waals surface area contributed by atoms with E-state index in [1.165, 1.54) is 6.07 Å². The smallest absolute Gasteiger partial charge is 0.261 e. The highest BCUT2D eigenvalue weighted by molar-refractivity contribution is 6.04. The summed E-state index contributed by atoms with van der Waals surface area (Å²) >= 11 is 0. The molecule has 4 aromatic rings. The molecule has 0 aliphatic heterocycles. The molecule has 0 spiro atoms. The van der Waals surface area contributed by atoms with E-state index in [2.05, 4.69) is 20.4 Å². The van der Waals surface area contributed by atoms with Crippen LogP contribution in [0.1, 0.15) is 33.1 Å². The minimum Gasteiger partial charge on any atom is -0.439 e. The number of hydrogen-bond acceptors (Lipinski definition) is 5. The number of amides is 1. The van der Waals surface area contributed by atoms with Crippen LogP contribution in [0.3, 0.4) is 0 Å². The highest BCUT2D eigenvalue weighted by Crippen LogP contribution is 2.25. The van der Waals surface area contributed by atoms with Crippen molar-refractivity contribution < 1.29 is 18.3 Å². The summed E-state index contributed by atoms with van der Waals surface area (Å²) < 4.78 is 35.2. The molecule has 168 valence electrons. The quantitative estimate of drug-likeness (QED) is 0.452. The van der Waals surface area contributed by atoms with E-state index < -0.39 is 23.1 Å². The molecule has 9 heteroatoms. The summed E-state index contributed by atoms with van der Waals surface area (Å²) in [5, 5.41) is 7.00. The summed E-state index contributed by atoms with van der Waals surface area (Å²) in [4.78, 5) is 21.0. The van der Waals surface area contributed by atoms with Crippen molar-refractivity contribution in [3.63, 3.8) is 0 Å². The van der Waals surface area contributed by atoms with Gasteiger partial charge in [-0.05, 0) is 69.7 Å². The van der Waals surface area contributed by atoms with E-state index in [1.54, 1.807) is 41.9 Å². The second-order valence-electron chi connectivity index (χ2n) is 7.50. The average Bonchev–Trinajstić information content (AvgIpc) is 3.02. The maximum absolute atomic E-state index is 13.8. The lowest BCUT2D eigenvalue weighted by atomic mass is 10.2. The highest BCUT2D eigenvalue weighted by atomic mass is 19.1. The fourth-order valence-corrected chi connectivity index (χ4v) is 3.27. The molecule has 0 bridgehead atoms. The van der Waals surface area contributed by atoms with Gasteiger partial charge in [0.25, 0.3) is 5.91 Å². The Balaban J connectivity index is 1.52.